The van der Waals surface area contributed by atoms with Crippen molar-refractivity contribution in [1.82, 2.24) is 0 Å². The summed E-state index contributed by atoms with van der Waals surface area (Å²) in [5, 5.41) is 0.631. The highest BCUT2D eigenvalue weighted by atomic mass is 32.2. The summed E-state index contributed by atoms with van der Waals surface area (Å²) in [5.74, 6) is 0.316. The third kappa shape index (κ3) is 2.80. The molecule has 3 fully saturated rings. The van der Waals surface area contributed by atoms with Crippen LogP contribution in [0.2, 0.25) is 0 Å². The van der Waals surface area contributed by atoms with E-state index in [1.165, 1.54) is 11.8 Å². The maximum absolute atomic E-state index is 12.1. The first-order chi connectivity index (χ1) is 10.9. The predicted molar refractivity (Wildman–Crippen MR) is 92.6 cm³/mol. The van der Waals surface area contributed by atoms with Gasteiger partial charge in [-0.1, -0.05) is 30.0 Å². The van der Waals surface area contributed by atoms with Gasteiger partial charge in [-0.2, -0.15) is 4.99 Å². The summed E-state index contributed by atoms with van der Waals surface area (Å²) >= 11 is 1.44. The van der Waals surface area contributed by atoms with Gasteiger partial charge in [0, 0.05) is 16.9 Å². The fraction of sp³-hybridized carbons (Fsp3) is 0.500. The zero-order valence-corrected chi connectivity index (χ0v) is 14.4. The Kier molecular flexibility index (Phi) is 3.53. The van der Waals surface area contributed by atoms with Crippen LogP contribution in [0.3, 0.4) is 0 Å². The minimum atomic E-state index is -3.02. The van der Waals surface area contributed by atoms with Crippen molar-refractivity contribution in [2.45, 2.75) is 31.1 Å². The van der Waals surface area contributed by atoms with Crippen molar-refractivity contribution in [3.8, 4) is 0 Å². The number of amides is 1. The Balaban J connectivity index is 1.75. The molecule has 2 heterocycles. The lowest BCUT2D eigenvalue weighted by atomic mass is 10.1. The average molecular weight is 350 g/mol. The highest BCUT2D eigenvalue weighted by Gasteiger charge is 2.49. The van der Waals surface area contributed by atoms with Crippen LogP contribution in [0.5, 0.6) is 0 Å². The molecule has 23 heavy (non-hydrogen) atoms. The standard InChI is InChI=1S/C16H18N2O3S2/c1-10-4-2-3-5-12(10)18-13-8-23(20,21)9-14(13)22-16(18)17-15(19)11-6-7-11/h2-5,11,13-14H,6-9H2,1H3/t13-,14+/m1/s1. The number of hydrogen-bond donors (Lipinski definition) is 0. The van der Waals surface area contributed by atoms with E-state index in [4.69, 9.17) is 0 Å². The summed E-state index contributed by atoms with van der Waals surface area (Å²) in [4.78, 5) is 18.4. The number of para-hydroxylation sites is 1. The van der Waals surface area contributed by atoms with E-state index < -0.39 is 9.84 Å². The van der Waals surface area contributed by atoms with Crippen LogP contribution in [0.1, 0.15) is 18.4 Å². The topological polar surface area (TPSA) is 66.8 Å². The number of carbonyl (C=O) groups excluding carboxylic acids is 1. The predicted octanol–water partition coefficient (Wildman–Crippen LogP) is 2.01. The zero-order chi connectivity index (χ0) is 16.2. The number of rotatable bonds is 2. The van der Waals surface area contributed by atoms with Crippen LogP contribution in [-0.2, 0) is 14.6 Å². The molecule has 1 amide bonds. The second-order valence-corrected chi connectivity index (χ2v) is 9.82. The molecule has 1 aliphatic carbocycles. The number of aryl methyl sites for hydroxylation is 1. The van der Waals surface area contributed by atoms with Crippen molar-refractivity contribution in [1.29, 1.82) is 0 Å². The van der Waals surface area contributed by atoms with E-state index in [-0.39, 0.29) is 34.6 Å². The maximum atomic E-state index is 12.1. The summed E-state index contributed by atoms with van der Waals surface area (Å²) in [5.41, 5.74) is 2.01. The minimum Gasteiger partial charge on any atom is -0.315 e. The highest BCUT2D eigenvalue weighted by Crippen LogP contribution is 2.42. The molecule has 0 bridgehead atoms. The molecule has 2 aliphatic heterocycles. The van der Waals surface area contributed by atoms with Crippen molar-refractivity contribution in [2.24, 2.45) is 10.9 Å². The van der Waals surface area contributed by atoms with Crippen LogP contribution in [0.15, 0.2) is 29.3 Å². The minimum absolute atomic E-state index is 0.0367. The molecule has 2 atom stereocenters. The number of nitrogens with zero attached hydrogens (tertiary/aromatic N) is 2. The maximum Gasteiger partial charge on any atom is 0.251 e. The van der Waals surface area contributed by atoms with Gasteiger partial charge in [0.2, 0.25) is 0 Å². The van der Waals surface area contributed by atoms with Crippen LogP contribution >= 0.6 is 11.8 Å². The van der Waals surface area contributed by atoms with Crippen LogP contribution < -0.4 is 4.90 Å². The molecule has 1 aromatic rings. The quantitative estimate of drug-likeness (QED) is 0.816. The second kappa shape index (κ2) is 5.34. The number of hydrogen-bond acceptors (Lipinski definition) is 4. The fourth-order valence-electron chi connectivity index (χ4n) is 3.20. The third-order valence-corrected chi connectivity index (χ3v) is 7.78. The number of benzene rings is 1. The summed E-state index contributed by atoms with van der Waals surface area (Å²) in [7, 11) is -3.02. The Bertz CT molecular complexity index is 799. The number of carbonyl (C=O) groups is 1. The Labute approximate surface area is 140 Å². The molecule has 7 heteroatoms. The van der Waals surface area contributed by atoms with Gasteiger partial charge < -0.3 is 4.90 Å². The van der Waals surface area contributed by atoms with Crippen molar-refractivity contribution >= 4 is 38.4 Å². The molecule has 3 aliphatic rings. The van der Waals surface area contributed by atoms with Crippen LogP contribution in [0.4, 0.5) is 5.69 Å². The van der Waals surface area contributed by atoms with Gasteiger partial charge in [0.05, 0.1) is 17.5 Å². The first-order valence-corrected chi connectivity index (χ1v) is 10.5. The number of thioether (sulfide) groups is 1. The Morgan fingerprint density at radius 1 is 1.26 bits per heavy atom. The molecule has 1 aromatic carbocycles. The normalized spacial score (nSPS) is 30.7. The van der Waals surface area contributed by atoms with Gasteiger partial charge in [0.1, 0.15) is 0 Å². The van der Waals surface area contributed by atoms with Crippen molar-refractivity contribution < 1.29 is 13.2 Å². The lowest BCUT2D eigenvalue weighted by Crippen LogP contribution is -2.38. The van der Waals surface area contributed by atoms with Crippen LogP contribution in [0, 0.1) is 12.8 Å². The fourth-order valence-corrected chi connectivity index (χ4v) is 7.11. The van der Waals surface area contributed by atoms with Gasteiger partial charge in [-0.25, -0.2) is 8.42 Å². The van der Waals surface area contributed by atoms with E-state index in [0.717, 1.165) is 24.1 Å². The number of sulfone groups is 1. The third-order valence-electron chi connectivity index (χ3n) is 4.57. The largest absolute Gasteiger partial charge is 0.315 e. The van der Waals surface area contributed by atoms with Gasteiger partial charge in [-0.15, -0.1) is 0 Å². The molecule has 2 saturated heterocycles. The molecular formula is C16H18N2O3S2. The lowest BCUT2D eigenvalue weighted by molar-refractivity contribution is -0.118. The summed E-state index contributed by atoms with van der Waals surface area (Å²) in [6.45, 7) is 2.00. The van der Waals surface area contributed by atoms with Crippen LogP contribution in [-0.4, -0.2) is 42.3 Å². The Morgan fingerprint density at radius 2 is 2.00 bits per heavy atom. The number of fused-ring (bicyclic) bond motifs is 1. The molecule has 4 rings (SSSR count). The zero-order valence-electron chi connectivity index (χ0n) is 12.8. The Morgan fingerprint density at radius 3 is 2.70 bits per heavy atom. The van der Waals surface area contributed by atoms with Gasteiger partial charge >= 0.3 is 0 Å². The van der Waals surface area contributed by atoms with E-state index in [0.29, 0.717) is 5.17 Å². The molecular weight excluding hydrogens is 332 g/mol. The molecule has 0 radical (unpaired) electrons. The van der Waals surface area contributed by atoms with Gasteiger partial charge in [-0.05, 0) is 31.4 Å². The first-order valence-electron chi connectivity index (χ1n) is 7.79. The summed E-state index contributed by atoms with van der Waals surface area (Å²) in [6, 6.07) is 7.73. The summed E-state index contributed by atoms with van der Waals surface area (Å²) < 4.78 is 24.0. The highest BCUT2D eigenvalue weighted by molar-refractivity contribution is 8.16. The SMILES string of the molecule is Cc1ccccc1N1C(=NC(=O)C2CC2)S[C@H]2CS(=O)(=O)C[C@H]21. The van der Waals surface area contributed by atoms with Gasteiger partial charge in [-0.3, -0.25) is 4.79 Å². The molecule has 0 unspecified atom stereocenters. The van der Waals surface area contributed by atoms with Crippen molar-refractivity contribution in [2.75, 3.05) is 16.4 Å². The molecule has 122 valence electrons. The van der Waals surface area contributed by atoms with E-state index in [9.17, 15) is 13.2 Å². The molecule has 0 spiro atoms. The Hall–Kier alpha value is -1.34. The number of amidine groups is 1. The average Bonchev–Trinajstić information content (AvgIpc) is 3.22. The van der Waals surface area contributed by atoms with Crippen molar-refractivity contribution in [3.05, 3.63) is 29.8 Å². The lowest BCUT2D eigenvalue weighted by Gasteiger charge is -2.26. The monoisotopic (exact) mass is 350 g/mol. The second-order valence-electron chi connectivity index (χ2n) is 6.46. The molecule has 0 N–H and O–H groups in total. The molecule has 1 saturated carbocycles. The van der Waals surface area contributed by atoms with Gasteiger partial charge in [0.15, 0.2) is 15.0 Å². The van der Waals surface area contributed by atoms with Crippen LogP contribution in [0.25, 0.3) is 0 Å². The van der Waals surface area contributed by atoms with E-state index >= 15 is 0 Å². The van der Waals surface area contributed by atoms with E-state index in [1.807, 2.05) is 36.1 Å². The summed E-state index contributed by atoms with van der Waals surface area (Å²) in [6.07, 6.45) is 1.85. The van der Waals surface area contributed by atoms with Crippen molar-refractivity contribution in [3.63, 3.8) is 0 Å². The van der Waals surface area contributed by atoms with E-state index in [2.05, 4.69) is 4.99 Å². The number of anilines is 1. The smallest absolute Gasteiger partial charge is 0.251 e. The number of aliphatic imine (C=N–C) groups is 1. The van der Waals surface area contributed by atoms with E-state index in [1.54, 1.807) is 0 Å². The first kappa shape index (κ1) is 15.2. The molecule has 0 aromatic heterocycles. The molecule has 5 nitrogen and oxygen atoms in total. The van der Waals surface area contributed by atoms with Gasteiger partial charge in [0.25, 0.3) is 5.91 Å².